The Hall–Kier alpha value is -1.13. The second-order valence-corrected chi connectivity index (χ2v) is 5.35. The molecule has 0 aliphatic heterocycles. The van der Waals surface area contributed by atoms with Gasteiger partial charge in [0.05, 0.1) is 0 Å². The zero-order valence-corrected chi connectivity index (χ0v) is 12.3. The number of aromatic hydroxyl groups is 1. The molecule has 0 saturated carbocycles. The smallest absolute Gasteiger partial charge is 0.165 e. The van der Waals surface area contributed by atoms with Crippen molar-refractivity contribution < 1.29 is 9.50 Å². The summed E-state index contributed by atoms with van der Waals surface area (Å²) in [6, 6.07) is 5.61. The van der Waals surface area contributed by atoms with Gasteiger partial charge in [-0.15, -0.1) is 0 Å². The van der Waals surface area contributed by atoms with Gasteiger partial charge in [-0.1, -0.05) is 12.1 Å². The zero-order chi connectivity index (χ0) is 14.4. The van der Waals surface area contributed by atoms with E-state index in [0.717, 1.165) is 13.1 Å². The molecule has 0 aromatic heterocycles. The van der Waals surface area contributed by atoms with E-state index in [1.54, 1.807) is 12.1 Å². The maximum atomic E-state index is 13.1. The lowest BCUT2D eigenvalue weighted by atomic mass is 10.2. The third-order valence-corrected chi connectivity index (χ3v) is 3.26. The molecule has 2 N–H and O–H groups in total. The van der Waals surface area contributed by atoms with Crippen LogP contribution in [0.3, 0.4) is 0 Å². The first-order valence-electron chi connectivity index (χ1n) is 6.86. The molecule has 1 aromatic rings. The van der Waals surface area contributed by atoms with Crippen LogP contribution >= 0.6 is 0 Å². The van der Waals surface area contributed by atoms with Gasteiger partial charge in [-0.2, -0.15) is 0 Å². The second kappa shape index (κ2) is 7.46. The number of nitrogens with one attached hydrogen (secondary N) is 1. The largest absolute Gasteiger partial charge is 0.505 e. The number of benzene rings is 1. The minimum Gasteiger partial charge on any atom is -0.505 e. The Bertz CT molecular complexity index is 386. The molecule has 108 valence electrons. The summed E-state index contributed by atoms with van der Waals surface area (Å²) in [4.78, 5) is 2.39. The molecule has 0 fully saturated rings. The van der Waals surface area contributed by atoms with Crippen LogP contribution in [-0.4, -0.2) is 35.2 Å². The third-order valence-electron chi connectivity index (χ3n) is 3.26. The summed E-state index contributed by atoms with van der Waals surface area (Å²) in [5.74, 6) is -0.815. The molecule has 0 heterocycles. The van der Waals surface area contributed by atoms with E-state index in [1.807, 2.05) is 0 Å². The van der Waals surface area contributed by atoms with Crippen LogP contribution in [0.15, 0.2) is 18.2 Å². The molecule has 0 saturated heterocycles. The van der Waals surface area contributed by atoms with Gasteiger partial charge in [0, 0.05) is 37.3 Å². The summed E-state index contributed by atoms with van der Waals surface area (Å²) < 4.78 is 13.1. The second-order valence-electron chi connectivity index (χ2n) is 5.35. The molecule has 4 heteroatoms. The Balaban J connectivity index is 2.40. The van der Waals surface area contributed by atoms with Gasteiger partial charge in [-0.05, 0) is 33.8 Å². The Morgan fingerprint density at radius 3 is 2.42 bits per heavy atom. The van der Waals surface area contributed by atoms with E-state index in [4.69, 9.17) is 0 Å². The molecule has 19 heavy (non-hydrogen) atoms. The molecule has 1 aromatic carbocycles. The summed E-state index contributed by atoms with van der Waals surface area (Å²) >= 11 is 0. The monoisotopic (exact) mass is 268 g/mol. The molecule has 0 atom stereocenters. The number of nitrogens with zero attached hydrogens (tertiary/aromatic N) is 1. The highest BCUT2D eigenvalue weighted by atomic mass is 19.1. The molecule has 0 aliphatic carbocycles. The number of hydrogen-bond donors (Lipinski definition) is 2. The van der Waals surface area contributed by atoms with Crippen LogP contribution in [0.2, 0.25) is 0 Å². The van der Waals surface area contributed by atoms with Gasteiger partial charge in [0.15, 0.2) is 11.6 Å². The van der Waals surface area contributed by atoms with Crippen molar-refractivity contribution in [3.8, 4) is 5.75 Å². The Morgan fingerprint density at radius 2 is 1.84 bits per heavy atom. The first kappa shape index (κ1) is 15.9. The van der Waals surface area contributed by atoms with Gasteiger partial charge in [0.1, 0.15) is 0 Å². The predicted octanol–water partition coefficient (Wildman–Crippen LogP) is 2.74. The molecular formula is C15H25FN2O. The number of para-hydroxylation sites is 1. The fourth-order valence-electron chi connectivity index (χ4n) is 2.25. The van der Waals surface area contributed by atoms with Crippen LogP contribution in [-0.2, 0) is 6.54 Å². The minimum atomic E-state index is -0.565. The van der Waals surface area contributed by atoms with Gasteiger partial charge in [-0.25, -0.2) is 4.39 Å². The molecule has 0 radical (unpaired) electrons. The lowest BCUT2D eigenvalue weighted by Crippen LogP contribution is -2.41. The molecule has 1 rings (SSSR count). The number of rotatable bonds is 7. The van der Waals surface area contributed by atoms with Crippen LogP contribution in [0.25, 0.3) is 0 Å². The summed E-state index contributed by atoms with van der Waals surface area (Å²) in [6.45, 7) is 10.9. The maximum absolute atomic E-state index is 13.1. The number of phenolic OH excluding ortho intramolecular Hbond substituents is 1. The van der Waals surface area contributed by atoms with Crippen LogP contribution in [0.4, 0.5) is 4.39 Å². The fourth-order valence-corrected chi connectivity index (χ4v) is 2.25. The van der Waals surface area contributed by atoms with Crippen molar-refractivity contribution in [3.05, 3.63) is 29.6 Å². The standard InChI is InChI=1S/C15H25FN2O/c1-11(2)18(12(3)4)9-8-17-10-13-6-5-7-14(16)15(13)19/h5-7,11-12,17,19H,8-10H2,1-4H3. The van der Waals surface area contributed by atoms with Crippen molar-refractivity contribution in [3.63, 3.8) is 0 Å². The normalized spacial score (nSPS) is 11.8. The van der Waals surface area contributed by atoms with Crippen molar-refractivity contribution in [2.75, 3.05) is 13.1 Å². The summed E-state index contributed by atoms with van der Waals surface area (Å²) in [7, 11) is 0. The van der Waals surface area contributed by atoms with Gasteiger partial charge >= 0.3 is 0 Å². The van der Waals surface area contributed by atoms with Crippen molar-refractivity contribution >= 4 is 0 Å². The maximum Gasteiger partial charge on any atom is 0.165 e. The lowest BCUT2D eigenvalue weighted by molar-refractivity contribution is 0.175. The SMILES string of the molecule is CC(C)N(CCNCc1cccc(F)c1O)C(C)C. The van der Waals surface area contributed by atoms with E-state index in [-0.39, 0.29) is 5.75 Å². The van der Waals surface area contributed by atoms with Crippen molar-refractivity contribution in [2.45, 2.75) is 46.3 Å². The van der Waals surface area contributed by atoms with Gasteiger partial charge < -0.3 is 10.4 Å². The Morgan fingerprint density at radius 1 is 1.21 bits per heavy atom. The quantitative estimate of drug-likeness (QED) is 0.746. The molecular weight excluding hydrogens is 243 g/mol. The molecule has 0 unspecified atom stereocenters. The van der Waals surface area contributed by atoms with Gasteiger partial charge in [0.25, 0.3) is 0 Å². The van der Waals surface area contributed by atoms with Crippen LogP contribution in [0, 0.1) is 5.82 Å². The van der Waals surface area contributed by atoms with Crippen LogP contribution in [0.1, 0.15) is 33.3 Å². The highest BCUT2D eigenvalue weighted by Crippen LogP contribution is 2.20. The first-order valence-corrected chi connectivity index (χ1v) is 6.86. The van der Waals surface area contributed by atoms with E-state index >= 15 is 0 Å². The van der Waals surface area contributed by atoms with E-state index in [9.17, 15) is 9.50 Å². The van der Waals surface area contributed by atoms with Crippen LogP contribution < -0.4 is 5.32 Å². The average molecular weight is 268 g/mol. The third kappa shape index (κ3) is 4.80. The average Bonchev–Trinajstić information content (AvgIpc) is 2.33. The van der Waals surface area contributed by atoms with E-state index in [1.165, 1.54) is 6.07 Å². The highest BCUT2D eigenvalue weighted by molar-refractivity contribution is 5.33. The molecule has 0 spiro atoms. The number of hydrogen-bond acceptors (Lipinski definition) is 3. The van der Waals surface area contributed by atoms with E-state index in [0.29, 0.717) is 24.2 Å². The number of halogens is 1. The summed E-state index contributed by atoms with van der Waals surface area (Å²) in [5, 5.41) is 12.8. The lowest BCUT2D eigenvalue weighted by Gasteiger charge is -2.30. The van der Waals surface area contributed by atoms with E-state index < -0.39 is 5.82 Å². The van der Waals surface area contributed by atoms with Crippen molar-refractivity contribution in [1.82, 2.24) is 10.2 Å². The zero-order valence-electron chi connectivity index (χ0n) is 12.3. The topological polar surface area (TPSA) is 35.5 Å². The molecule has 0 amide bonds. The first-order chi connectivity index (χ1) is 8.93. The van der Waals surface area contributed by atoms with Crippen molar-refractivity contribution in [1.29, 1.82) is 0 Å². The van der Waals surface area contributed by atoms with Crippen molar-refractivity contribution in [2.24, 2.45) is 0 Å². The molecule has 0 aliphatic rings. The molecule has 0 bridgehead atoms. The molecule has 3 nitrogen and oxygen atoms in total. The van der Waals surface area contributed by atoms with Gasteiger partial charge in [-0.3, -0.25) is 4.90 Å². The summed E-state index contributed by atoms with van der Waals surface area (Å²) in [5.41, 5.74) is 0.598. The fraction of sp³-hybridized carbons (Fsp3) is 0.600. The highest BCUT2D eigenvalue weighted by Gasteiger charge is 2.12. The number of phenols is 1. The minimum absolute atomic E-state index is 0.250. The van der Waals surface area contributed by atoms with Crippen LogP contribution in [0.5, 0.6) is 5.75 Å². The van der Waals surface area contributed by atoms with Gasteiger partial charge in [0.2, 0.25) is 0 Å². The summed E-state index contributed by atoms with van der Waals surface area (Å²) in [6.07, 6.45) is 0. The Labute approximate surface area is 115 Å². The Kier molecular flexibility index (Phi) is 6.25. The van der Waals surface area contributed by atoms with E-state index in [2.05, 4.69) is 37.9 Å². The predicted molar refractivity (Wildman–Crippen MR) is 76.7 cm³/mol.